The maximum absolute atomic E-state index is 3.86. The van der Waals surface area contributed by atoms with Crippen LogP contribution in [0.15, 0.2) is 11.6 Å². The van der Waals surface area contributed by atoms with Crippen molar-refractivity contribution in [2.75, 3.05) is 0 Å². The van der Waals surface area contributed by atoms with Crippen molar-refractivity contribution in [3.05, 3.63) is 18.6 Å². The van der Waals surface area contributed by atoms with Crippen molar-refractivity contribution >= 4 is 0 Å². The summed E-state index contributed by atoms with van der Waals surface area (Å²) in [6.07, 6.45) is 5.80. The molecule has 0 atom stereocenters. The SMILES string of the molecule is [CH2-]C(=CC)CCCC.[Na+]. The molecule has 0 rings (SSSR count). The van der Waals surface area contributed by atoms with Crippen molar-refractivity contribution in [1.82, 2.24) is 0 Å². The van der Waals surface area contributed by atoms with Crippen LogP contribution in [0.2, 0.25) is 0 Å². The summed E-state index contributed by atoms with van der Waals surface area (Å²) < 4.78 is 0. The molecule has 0 unspecified atom stereocenters. The number of unbranched alkanes of at least 4 members (excludes halogenated alkanes) is 1. The molecule has 1 heteroatoms. The summed E-state index contributed by atoms with van der Waals surface area (Å²) in [5, 5.41) is 0. The maximum Gasteiger partial charge on any atom is 1.00 e. The van der Waals surface area contributed by atoms with Crippen LogP contribution in [0.5, 0.6) is 0 Å². The molecule has 0 aliphatic carbocycles. The summed E-state index contributed by atoms with van der Waals surface area (Å²) in [6, 6.07) is 0. The summed E-state index contributed by atoms with van der Waals surface area (Å²) in [5.41, 5.74) is 1.27. The molecule has 0 heterocycles. The van der Waals surface area contributed by atoms with E-state index in [4.69, 9.17) is 0 Å². The average molecular weight is 134 g/mol. The van der Waals surface area contributed by atoms with Crippen molar-refractivity contribution in [2.45, 2.75) is 33.1 Å². The number of allylic oxidation sites excluding steroid dienone is 2. The second-order valence-corrected chi connectivity index (χ2v) is 2.05. The molecule has 48 valence electrons. The molecule has 0 aliphatic rings. The first kappa shape index (κ1) is 12.3. The molecule has 0 spiro atoms. The van der Waals surface area contributed by atoms with Gasteiger partial charge in [0.15, 0.2) is 0 Å². The van der Waals surface area contributed by atoms with E-state index in [0.29, 0.717) is 0 Å². The van der Waals surface area contributed by atoms with Gasteiger partial charge in [-0.05, 0) is 0 Å². The van der Waals surface area contributed by atoms with E-state index < -0.39 is 0 Å². The van der Waals surface area contributed by atoms with Crippen LogP contribution in [0.3, 0.4) is 0 Å². The zero-order valence-electron chi connectivity index (χ0n) is 6.91. The number of hydrogen-bond acceptors (Lipinski definition) is 0. The summed E-state index contributed by atoms with van der Waals surface area (Å²) >= 11 is 0. The van der Waals surface area contributed by atoms with Crippen LogP contribution in [0, 0.1) is 6.92 Å². The second kappa shape index (κ2) is 8.61. The average Bonchev–Trinajstić information content (AvgIpc) is 1.83. The summed E-state index contributed by atoms with van der Waals surface area (Å²) in [7, 11) is 0. The third kappa shape index (κ3) is 8.61. The van der Waals surface area contributed by atoms with Gasteiger partial charge in [-0.25, -0.2) is 18.6 Å². The molecule has 0 aromatic rings. The molecule has 0 nitrogen and oxygen atoms in total. The Morgan fingerprint density at radius 2 is 2.11 bits per heavy atom. The van der Waals surface area contributed by atoms with Crippen molar-refractivity contribution < 1.29 is 29.6 Å². The molecular weight excluding hydrogens is 119 g/mol. The minimum Gasteiger partial charge on any atom is -0.242 e. The Kier molecular flexibility index (Phi) is 11.8. The summed E-state index contributed by atoms with van der Waals surface area (Å²) in [4.78, 5) is 0. The third-order valence-corrected chi connectivity index (χ3v) is 1.26. The predicted molar refractivity (Wildman–Crippen MR) is 38.6 cm³/mol. The Balaban J connectivity index is 0. The van der Waals surface area contributed by atoms with Crippen molar-refractivity contribution in [1.29, 1.82) is 0 Å². The van der Waals surface area contributed by atoms with E-state index in [0.717, 1.165) is 0 Å². The van der Waals surface area contributed by atoms with Crippen LogP contribution in [0.1, 0.15) is 33.1 Å². The van der Waals surface area contributed by atoms with Gasteiger partial charge in [0.05, 0.1) is 0 Å². The molecule has 0 aromatic carbocycles. The Morgan fingerprint density at radius 3 is 2.44 bits per heavy atom. The molecule has 0 saturated carbocycles. The van der Waals surface area contributed by atoms with Crippen molar-refractivity contribution in [3.63, 3.8) is 0 Å². The molecule has 0 radical (unpaired) electrons. The first-order valence-corrected chi connectivity index (χ1v) is 3.28. The molecule has 9 heavy (non-hydrogen) atoms. The van der Waals surface area contributed by atoms with Crippen LogP contribution >= 0.6 is 0 Å². The molecule has 0 amide bonds. The Bertz CT molecular complexity index is 74.6. The molecule has 0 saturated heterocycles. The van der Waals surface area contributed by atoms with Crippen LogP contribution in [-0.4, -0.2) is 0 Å². The summed E-state index contributed by atoms with van der Waals surface area (Å²) in [6.45, 7) is 8.09. The van der Waals surface area contributed by atoms with Gasteiger partial charge in [0, 0.05) is 0 Å². The van der Waals surface area contributed by atoms with E-state index in [1.165, 1.54) is 24.8 Å². The molecule has 0 fully saturated rings. The van der Waals surface area contributed by atoms with E-state index in [9.17, 15) is 0 Å². The van der Waals surface area contributed by atoms with E-state index in [1.54, 1.807) is 0 Å². The second-order valence-electron chi connectivity index (χ2n) is 2.05. The normalized spacial score (nSPS) is 10.7. The Hall–Kier alpha value is 0.610. The van der Waals surface area contributed by atoms with E-state index >= 15 is 0 Å². The fourth-order valence-corrected chi connectivity index (χ4v) is 0.548. The topological polar surface area (TPSA) is 0 Å². The minimum atomic E-state index is 0. The molecule has 0 aromatic heterocycles. The number of hydrogen-bond donors (Lipinski definition) is 0. The quantitative estimate of drug-likeness (QED) is 0.375. The Morgan fingerprint density at radius 1 is 1.56 bits per heavy atom. The van der Waals surface area contributed by atoms with Crippen molar-refractivity contribution in [3.8, 4) is 0 Å². The third-order valence-electron chi connectivity index (χ3n) is 1.26. The molecule has 0 N–H and O–H groups in total. The zero-order chi connectivity index (χ0) is 6.41. The van der Waals surface area contributed by atoms with Crippen LogP contribution < -0.4 is 29.6 Å². The van der Waals surface area contributed by atoms with Gasteiger partial charge in [0.1, 0.15) is 0 Å². The van der Waals surface area contributed by atoms with Gasteiger partial charge in [0.25, 0.3) is 0 Å². The smallest absolute Gasteiger partial charge is 0.242 e. The van der Waals surface area contributed by atoms with E-state index in [1.807, 2.05) is 6.92 Å². The first-order chi connectivity index (χ1) is 3.81. The minimum absolute atomic E-state index is 0. The van der Waals surface area contributed by atoms with Crippen molar-refractivity contribution in [2.24, 2.45) is 0 Å². The van der Waals surface area contributed by atoms with Crippen LogP contribution in [-0.2, 0) is 0 Å². The molecule has 0 bridgehead atoms. The fraction of sp³-hybridized carbons (Fsp3) is 0.625. The van der Waals surface area contributed by atoms with Gasteiger partial charge >= 0.3 is 29.6 Å². The van der Waals surface area contributed by atoms with Gasteiger partial charge in [-0.1, -0.05) is 26.2 Å². The standard InChI is InChI=1S/C8H15.Na/c1-4-6-7-8(3)5-2;/h5H,3-4,6-7H2,1-2H3;/q-1;+1. The van der Waals surface area contributed by atoms with Crippen LogP contribution in [0.25, 0.3) is 0 Å². The predicted octanol–water partition coefficient (Wildman–Crippen LogP) is -0.0390. The largest absolute Gasteiger partial charge is 1.00 e. The number of rotatable bonds is 3. The summed E-state index contributed by atoms with van der Waals surface area (Å²) in [5.74, 6) is 0. The fourth-order valence-electron chi connectivity index (χ4n) is 0.548. The zero-order valence-corrected chi connectivity index (χ0v) is 8.91. The molecule has 0 aliphatic heterocycles. The monoisotopic (exact) mass is 134 g/mol. The van der Waals surface area contributed by atoms with Gasteiger partial charge < -0.3 is 0 Å². The van der Waals surface area contributed by atoms with Gasteiger partial charge in [-0.15, -0.1) is 6.92 Å². The van der Waals surface area contributed by atoms with Gasteiger partial charge in [0.2, 0.25) is 0 Å². The van der Waals surface area contributed by atoms with E-state index in [2.05, 4.69) is 19.9 Å². The van der Waals surface area contributed by atoms with E-state index in [-0.39, 0.29) is 29.6 Å². The van der Waals surface area contributed by atoms with Gasteiger partial charge in [-0.3, -0.25) is 0 Å². The van der Waals surface area contributed by atoms with Crippen LogP contribution in [0.4, 0.5) is 0 Å². The molecular formula is C8H15Na. The first-order valence-electron chi connectivity index (χ1n) is 3.28. The Labute approximate surface area is 81.0 Å². The maximum atomic E-state index is 3.86. The van der Waals surface area contributed by atoms with Gasteiger partial charge in [-0.2, -0.15) is 0 Å².